The van der Waals surface area contributed by atoms with Crippen LogP contribution in [-0.4, -0.2) is 4.98 Å². The molecule has 0 radical (unpaired) electrons. The first-order valence-electron chi connectivity index (χ1n) is 9.27. The maximum atomic E-state index is 14.4. The Morgan fingerprint density at radius 3 is 1.96 bits per heavy atom. The molecule has 25 heavy (non-hydrogen) atoms. The summed E-state index contributed by atoms with van der Waals surface area (Å²) in [5, 5.41) is 0. The summed E-state index contributed by atoms with van der Waals surface area (Å²) >= 11 is 0. The Bertz CT molecular complexity index is 669. The maximum absolute atomic E-state index is 14.4. The van der Waals surface area contributed by atoms with Crippen molar-refractivity contribution in [2.45, 2.75) is 71.6 Å². The zero-order valence-corrected chi connectivity index (χ0v) is 15.9. The van der Waals surface area contributed by atoms with E-state index < -0.39 is 11.6 Å². The fraction of sp³-hybridized carbons (Fsp3) is 0.500. The van der Waals surface area contributed by atoms with Crippen LogP contribution in [0.4, 0.5) is 8.78 Å². The van der Waals surface area contributed by atoms with E-state index >= 15 is 0 Å². The van der Waals surface area contributed by atoms with Gasteiger partial charge in [0.05, 0.1) is 0 Å². The van der Waals surface area contributed by atoms with Crippen LogP contribution in [0.3, 0.4) is 0 Å². The summed E-state index contributed by atoms with van der Waals surface area (Å²) in [5.41, 5.74) is 3.19. The van der Waals surface area contributed by atoms with Crippen LogP contribution < -0.4 is 0 Å². The predicted molar refractivity (Wildman–Crippen MR) is 100 cm³/mol. The van der Waals surface area contributed by atoms with Gasteiger partial charge < -0.3 is 0 Å². The van der Waals surface area contributed by atoms with E-state index in [4.69, 9.17) is 0 Å². The molecule has 2 atom stereocenters. The molecule has 0 aliphatic heterocycles. The molecule has 1 nitrogen and oxygen atoms in total. The van der Waals surface area contributed by atoms with Gasteiger partial charge in [-0.3, -0.25) is 4.98 Å². The maximum Gasteiger partial charge on any atom is 0.129 e. The number of pyridine rings is 1. The molecule has 1 aromatic heterocycles. The average molecular weight is 345 g/mol. The van der Waals surface area contributed by atoms with Crippen LogP contribution in [0.2, 0.25) is 0 Å². The molecule has 0 amide bonds. The van der Waals surface area contributed by atoms with Crippen molar-refractivity contribution in [3.63, 3.8) is 0 Å². The van der Waals surface area contributed by atoms with Gasteiger partial charge in [-0.15, -0.1) is 0 Å². The van der Waals surface area contributed by atoms with Crippen LogP contribution in [0.25, 0.3) is 0 Å². The Hall–Kier alpha value is -1.77. The normalized spacial score (nSPS) is 13.9. The van der Waals surface area contributed by atoms with E-state index in [1.165, 1.54) is 17.7 Å². The quantitative estimate of drug-likeness (QED) is 0.542. The topological polar surface area (TPSA) is 12.9 Å². The van der Waals surface area contributed by atoms with Crippen LogP contribution in [0.15, 0.2) is 30.5 Å². The van der Waals surface area contributed by atoms with Gasteiger partial charge in [-0.05, 0) is 66.3 Å². The molecular formula is C22H29F2N. The van der Waals surface area contributed by atoms with Crippen molar-refractivity contribution in [3.05, 3.63) is 64.5 Å². The van der Waals surface area contributed by atoms with Gasteiger partial charge >= 0.3 is 0 Å². The Morgan fingerprint density at radius 2 is 1.48 bits per heavy atom. The van der Waals surface area contributed by atoms with Crippen LogP contribution in [0.5, 0.6) is 0 Å². The Balaban J connectivity index is 2.05. The lowest BCUT2D eigenvalue weighted by molar-refractivity contribution is 0.497. The zero-order chi connectivity index (χ0) is 18.6. The zero-order valence-electron chi connectivity index (χ0n) is 15.9. The van der Waals surface area contributed by atoms with Gasteiger partial charge in [0.25, 0.3) is 0 Å². The highest BCUT2D eigenvalue weighted by atomic mass is 19.1. The van der Waals surface area contributed by atoms with Crippen LogP contribution >= 0.6 is 0 Å². The molecule has 1 aromatic carbocycles. The summed E-state index contributed by atoms with van der Waals surface area (Å²) in [4.78, 5) is 4.44. The fourth-order valence-electron chi connectivity index (χ4n) is 3.16. The minimum atomic E-state index is -0.419. The van der Waals surface area contributed by atoms with Gasteiger partial charge in [0.15, 0.2) is 0 Å². The van der Waals surface area contributed by atoms with E-state index in [0.717, 1.165) is 25.0 Å². The van der Waals surface area contributed by atoms with Crippen molar-refractivity contribution in [2.24, 2.45) is 0 Å². The molecule has 0 bridgehead atoms. The highest BCUT2D eigenvalue weighted by Crippen LogP contribution is 2.32. The first-order valence-corrected chi connectivity index (χ1v) is 9.27. The van der Waals surface area contributed by atoms with Gasteiger partial charge in [-0.1, -0.05) is 40.7 Å². The van der Waals surface area contributed by atoms with Crippen molar-refractivity contribution in [2.75, 3.05) is 0 Å². The summed E-state index contributed by atoms with van der Waals surface area (Å²) in [5.74, 6) is -0.545. The molecule has 136 valence electrons. The van der Waals surface area contributed by atoms with E-state index in [1.807, 2.05) is 27.0 Å². The van der Waals surface area contributed by atoms with E-state index in [-0.39, 0.29) is 17.4 Å². The van der Waals surface area contributed by atoms with E-state index in [2.05, 4.69) is 31.0 Å². The summed E-state index contributed by atoms with van der Waals surface area (Å²) in [6.07, 6.45) is 4.47. The fourth-order valence-corrected chi connectivity index (χ4v) is 3.16. The Labute approximate surface area is 150 Å². The second-order valence-electron chi connectivity index (χ2n) is 7.37. The first-order chi connectivity index (χ1) is 11.8. The Morgan fingerprint density at radius 1 is 0.880 bits per heavy atom. The highest BCUT2D eigenvalue weighted by molar-refractivity contribution is 5.30. The smallest absolute Gasteiger partial charge is 0.129 e. The molecule has 2 rings (SSSR count). The van der Waals surface area contributed by atoms with Gasteiger partial charge in [0.1, 0.15) is 11.6 Å². The van der Waals surface area contributed by atoms with Gasteiger partial charge in [-0.25, -0.2) is 8.78 Å². The molecule has 0 aliphatic rings. The largest absolute Gasteiger partial charge is 0.261 e. The number of halogens is 2. The molecule has 0 saturated carbocycles. The summed E-state index contributed by atoms with van der Waals surface area (Å²) in [6.45, 7) is 10.0. The third kappa shape index (κ3) is 4.87. The lowest BCUT2D eigenvalue weighted by Crippen LogP contribution is -2.06. The third-order valence-electron chi connectivity index (χ3n) is 5.07. The summed E-state index contributed by atoms with van der Waals surface area (Å²) in [7, 11) is 0. The molecule has 0 N–H and O–H groups in total. The number of aryl methyl sites for hydroxylation is 1. The van der Waals surface area contributed by atoms with E-state index in [1.54, 1.807) is 0 Å². The molecule has 0 spiro atoms. The van der Waals surface area contributed by atoms with Gasteiger partial charge in [0.2, 0.25) is 0 Å². The average Bonchev–Trinajstić information content (AvgIpc) is 2.59. The number of hydrogen-bond donors (Lipinski definition) is 0. The Kier molecular flexibility index (Phi) is 6.69. The second kappa shape index (κ2) is 8.55. The number of aromatic nitrogens is 1. The van der Waals surface area contributed by atoms with Crippen LogP contribution in [0.1, 0.15) is 87.6 Å². The van der Waals surface area contributed by atoms with Crippen LogP contribution in [-0.2, 0) is 6.42 Å². The molecule has 0 aliphatic carbocycles. The summed E-state index contributed by atoms with van der Waals surface area (Å²) in [6, 6.07) is 7.13. The lowest BCUT2D eigenvalue weighted by atomic mass is 9.88. The minimum absolute atomic E-state index is 0.118. The molecule has 2 aromatic rings. The second-order valence-corrected chi connectivity index (χ2v) is 7.37. The number of rotatable bonds is 7. The molecule has 0 fully saturated rings. The molecule has 3 heteroatoms. The standard InChI is InChI=1S/C22H29F2N/c1-6-19-10-9-17(13-25-19)15(4)7-8-16(5)22-20(23)11-18(14(2)3)12-21(22)24/h9-16H,6-8H2,1-5H3. The SMILES string of the molecule is CCc1ccc(C(C)CCC(C)c2c(F)cc(C(C)C)cc2F)cn1. The molecule has 1 heterocycles. The number of hydrogen-bond acceptors (Lipinski definition) is 1. The molecular weight excluding hydrogens is 316 g/mol. The first kappa shape index (κ1) is 19.6. The van der Waals surface area contributed by atoms with Crippen molar-refractivity contribution in [1.82, 2.24) is 4.98 Å². The van der Waals surface area contributed by atoms with Crippen molar-refractivity contribution >= 4 is 0 Å². The molecule has 0 saturated heterocycles. The number of benzene rings is 1. The minimum Gasteiger partial charge on any atom is -0.261 e. The molecule has 2 unspecified atom stereocenters. The van der Waals surface area contributed by atoms with Crippen molar-refractivity contribution in [1.29, 1.82) is 0 Å². The summed E-state index contributed by atoms with van der Waals surface area (Å²) < 4.78 is 28.8. The van der Waals surface area contributed by atoms with Crippen molar-refractivity contribution < 1.29 is 8.78 Å². The number of nitrogens with zero attached hydrogens (tertiary/aromatic N) is 1. The monoisotopic (exact) mass is 345 g/mol. The van der Waals surface area contributed by atoms with Crippen LogP contribution in [0, 0.1) is 11.6 Å². The van der Waals surface area contributed by atoms with E-state index in [9.17, 15) is 8.78 Å². The highest BCUT2D eigenvalue weighted by Gasteiger charge is 2.19. The van der Waals surface area contributed by atoms with E-state index in [0.29, 0.717) is 11.5 Å². The lowest BCUT2D eigenvalue weighted by Gasteiger charge is -2.18. The third-order valence-corrected chi connectivity index (χ3v) is 5.07. The predicted octanol–water partition coefficient (Wildman–Crippen LogP) is 6.73. The van der Waals surface area contributed by atoms with Gasteiger partial charge in [0, 0.05) is 17.5 Å². The van der Waals surface area contributed by atoms with Crippen molar-refractivity contribution in [3.8, 4) is 0 Å². The van der Waals surface area contributed by atoms with Gasteiger partial charge in [-0.2, -0.15) is 0 Å².